The molecule has 0 aliphatic carbocycles. The Morgan fingerprint density at radius 2 is 1.72 bits per heavy atom. The SMILES string of the molecule is O=C(Nc1cc(-c2ccccc2)ccc1C(=O)O)c1cc(N2CCCC(O)C2)ccc1O. The summed E-state index contributed by atoms with van der Waals surface area (Å²) in [4.78, 5) is 26.7. The third-order valence-electron chi connectivity index (χ3n) is 5.59. The summed E-state index contributed by atoms with van der Waals surface area (Å²) in [7, 11) is 0. The van der Waals surface area contributed by atoms with Crippen LogP contribution in [0.15, 0.2) is 66.7 Å². The predicted molar refractivity (Wildman–Crippen MR) is 122 cm³/mol. The van der Waals surface area contributed by atoms with Gasteiger partial charge in [0.1, 0.15) is 5.75 Å². The fourth-order valence-electron chi connectivity index (χ4n) is 3.93. The number of carbonyl (C=O) groups excluding carboxylic acids is 1. The number of anilines is 2. The van der Waals surface area contributed by atoms with Gasteiger partial charge in [0.05, 0.1) is 22.9 Å². The van der Waals surface area contributed by atoms with Crippen molar-refractivity contribution in [2.45, 2.75) is 18.9 Å². The highest BCUT2D eigenvalue weighted by molar-refractivity contribution is 6.10. The number of hydrogen-bond donors (Lipinski definition) is 4. The van der Waals surface area contributed by atoms with Gasteiger partial charge in [-0.15, -0.1) is 0 Å². The summed E-state index contributed by atoms with van der Waals surface area (Å²) >= 11 is 0. The molecule has 0 saturated carbocycles. The molecule has 0 aromatic heterocycles. The van der Waals surface area contributed by atoms with E-state index in [-0.39, 0.29) is 22.6 Å². The Morgan fingerprint density at radius 1 is 0.938 bits per heavy atom. The van der Waals surface area contributed by atoms with Gasteiger partial charge in [0.2, 0.25) is 0 Å². The van der Waals surface area contributed by atoms with Crippen molar-refractivity contribution in [2.75, 3.05) is 23.3 Å². The minimum Gasteiger partial charge on any atom is -0.507 e. The van der Waals surface area contributed by atoms with Crippen LogP contribution in [-0.4, -0.2) is 46.4 Å². The van der Waals surface area contributed by atoms with Gasteiger partial charge in [0, 0.05) is 18.8 Å². The van der Waals surface area contributed by atoms with Gasteiger partial charge in [-0.2, -0.15) is 0 Å². The molecule has 1 saturated heterocycles. The summed E-state index contributed by atoms with van der Waals surface area (Å²) in [5, 5.41) is 32.5. The second-order valence-corrected chi connectivity index (χ2v) is 7.83. The third-order valence-corrected chi connectivity index (χ3v) is 5.59. The van der Waals surface area contributed by atoms with Crippen molar-refractivity contribution in [3.05, 3.63) is 77.9 Å². The highest BCUT2D eigenvalue weighted by atomic mass is 16.4. The van der Waals surface area contributed by atoms with E-state index in [4.69, 9.17) is 0 Å². The molecule has 7 nitrogen and oxygen atoms in total. The summed E-state index contributed by atoms with van der Waals surface area (Å²) in [6.45, 7) is 1.19. The molecular formula is C25H24N2O5. The monoisotopic (exact) mass is 432 g/mol. The van der Waals surface area contributed by atoms with Crippen LogP contribution < -0.4 is 10.2 Å². The van der Waals surface area contributed by atoms with Gasteiger partial charge >= 0.3 is 5.97 Å². The molecule has 1 atom stereocenters. The van der Waals surface area contributed by atoms with Gasteiger partial charge in [-0.1, -0.05) is 36.4 Å². The summed E-state index contributed by atoms with van der Waals surface area (Å²) < 4.78 is 0. The van der Waals surface area contributed by atoms with E-state index < -0.39 is 18.0 Å². The molecule has 1 aliphatic heterocycles. The van der Waals surface area contributed by atoms with Crippen LogP contribution in [0.2, 0.25) is 0 Å². The van der Waals surface area contributed by atoms with E-state index in [2.05, 4.69) is 5.32 Å². The minimum absolute atomic E-state index is 0.0315. The number of amides is 1. The van der Waals surface area contributed by atoms with Crippen molar-refractivity contribution in [2.24, 2.45) is 0 Å². The zero-order valence-corrected chi connectivity index (χ0v) is 17.4. The predicted octanol–water partition coefficient (Wildman–Crippen LogP) is 3.97. The van der Waals surface area contributed by atoms with Crippen LogP contribution in [0.5, 0.6) is 5.75 Å². The molecule has 1 heterocycles. The van der Waals surface area contributed by atoms with E-state index in [0.29, 0.717) is 12.2 Å². The van der Waals surface area contributed by atoms with E-state index in [1.807, 2.05) is 35.2 Å². The Bertz CT molecular complexity index is 1150. The van der Waals surface area contributed by atoms with E-state index in [9.17, 15) is 24.9 Å². The smallest absolute Gasteiger partial charge is 0.337 e. The summed E-state index contributed by atoms with van der Waals surface area (Å²) in [6.07, 6.45) is 1.13. The number of rotatable bonds is 5. The van der Waals surface area contributed by atoms with Gasteiger partial charge in [0.15, 0.2) is 0 Å². The van der Waals surface area contributed by atoms with Crippen molar-refractivity contribution in [3.63, 3.8) is 0 Å². The van der Waals surface area contributed by atoms with Crippen LogP contribution in [0.3, 0.4) is 0 Å². The number of aromatic hydroxyl groups is 1. The number of phenolic OH excluding ortho intramolecular Hbond substituents is 1. The summed E-state index contributed by atoms with van der Waals surface area (Å²) in [5.41, 5.74) is 2.47. The number of aromatic carboxylic acids is 1. The molecule has 164 valence electrons. The number of aliphatic hydroxyl groups excluding tert-OH is 1. The van der Waals surface area contributed by atoms with Gasteiger partial charge in [-0.3, -0.25) is 4.79 Å². The number of phenols is 1. The second kappa shape index (κ2) is 9.11. The van der Waals surface area contributed by atoms with Crippen molar-refractivity contribution in [3.8, 4) is 16.9 Å². The number of benzene rings is 3. The number of nitrogens with one attached hydrogen (secondary N) is 1. The Balaban J connectivity index is 1.65. The number of β-amino-alcohol motifs (C(OH)–C–C–N with tert-alkyl or cyclic N) is 1. The van der Waals surface area contributed by atoms with Crippen molar-refractivity contribution < 1.29 is 24.9 Å². The Kier molecular flexibility index (Phi) is 6.09. The lowest BCUT2D eigenvalue weighted by molar-refractivity contribution is 0.0698. The number of nitrogens with zero attached hydrogens (tertiary/aromatic N) is 1. The Labute approximate surface area is 185 Å². The minimum atomic E-state index is -1.17. The fraction of sp³-hybridized carbons (Fsp3) is 0.200. The van der Waals surface area contributed by atoms with Crippen molar-refractivity contribution in [1.29, 1.82) is 0 Å². The second-order valence-electron chi connectivity index (χ2n) is 7.83. The van der Waals surface area contributed by atoms with Gasteiger partial charge in [0.25, 0.3) is 5.91 Å². The first-order chi connectivity index (χ1) is 15.4. The summed E-state index contributed by atoms with van der Waals surface area (Å²) in [5.74, 6) is -1.99. The number of carboxylic acid groups (broad SMARTS) is 1. The molecule has 4 N–H and O–H groups in total. The molecule has 7 heteroatoms. The first-order valence-corrected chi connectivity index (χ1v) is 10.4. The maximum absolute atomic E-state index is 13.0. The van der Waals surface area contributed by atoms with Gasteiger partial charge in [-0.05, 0) is 54.3 Å². The molecule has 1 aliphatic rings. The molecule has 1 fully saturated rings. The topological polar surface area (TPSA) is 110 Å². The number of piperidine rings is 1. The van der Waals surface area contributed by atoms with Gasteiger partial charge < -0.3 is 25.5 Å². The molecule has 4 rings (SSSR count). The van der Waals surface area contributed by atoms with Gasteiger partial charge in [-0.25, -0.2) is 4.79 Å². The molecular weight excluding hydrogens is 408 g/mol. The van der Waals surface area contributed by atoms with Crippen LogP contribution in [0.4, 0.5) is 11.4 Å². The molecule has 0 radical (unpaired) electrons. The summed E-state index contributed by atoms with van der Waals surface area (Å²) in [6, 6.07) is 18.9. The highest BCUT2D eigenvalue weighted by Gasteiger charge is 2.21. The molecule has 0 spiro atoms. The third kappa shape index (κ3) is 4.58. The van der Waals surface area contributed by atoms with E-state index in [0.717, 1.165) is 30.5 Å². The Hall–Kier alpha value is -3.84. The zero-order valence-electron chi connectivity index (χ0n) is 17.4. The van der Waals surface area contributed by atoms with Crippen LogP contribution >= 0.6 is 0 Å². The highest BCUT2D eigenvalue weighted by Crippen LogP contribution is 2.30. The lowest BCUT2D eigenvalue weighted by atomic mass is 10.0. The largest absolute Gasteiger partial charge is 0.507 e. The number of carboxylic acids is 1. The Morgan fingerprint density at radius 3 is 2.44 bits per heavy atom. The van der Waals surface area contributed by atoms with Crippen molar-refractivity contribution in [1.82, 2.24) is 0 Å². The lowest BCUT2D eigenvalue weighted by Gasteiger charge is -2.32. The van der Waals surface area contributed by atoms with Crippen LogP contribution in [0.1, 0.15) is 33.6 Å². The lowest BCUT2D eigenvalue weighted by Crippen LogP contribution is -2.38. The van der Waals surface area contributed by atoms with Crippen LogP contribution in [0.25, 0.3) is 11.1 Å². The quantitative estimate of drug-likeness (QED) is 0.486. The van der Waals surface area contributed by atoms with E-state index in [1.54, 1.807) is 24.3 Å². The molecule has 3 aromatic rings. The number of hydrogen-bond acceptors (Lipinski definition) is 5. The molecule has 1 amide bonds. The average Bonchev–Trinajstić information content (AvgIpc) is 2.79. The molecule has 1 unspecified atom stereocenters. The normalized spacial score (nSPS) is 15.9. The number of carbonyl (C=O) groups is 2. The average molecular weight is 432 g/mol. The van der Waals surface area contributed by atoms with Crippen LogP contribution in [0, 0.1) is 0 Å². The standard InChI is InChI=1S/C25H24N2O5/c28-19-7-4-12-27(15-19)18-9-11-23(29)21(14-18)24(30)26-22-13-17(8-10-20(22)25(31)32)16-5-2-1-3-6-16/h1-3,5-6,8-11,13-14,19,28-29H,4,7,12,15H2,(H,26,30)(H,31,32). The zero-order chi connectivity index (χ0) is 22.7. The molecule has 32 heavy (non-hydrogen) atoms. The maximum atomic E-state index is 13.0. The first kappa shape index (κ1) is 21.4. The fourth-order valence-corrected chi connectivity index (χ4v) is 3.93. The first-order valence-electron chi connectivity index (χ1n) is 10.4. The molecule has 0 bridgehead atoms. The van der Waals surface area contributed by atoms with E-state index in [1.165, 1.54) is 12.1 Å². The maximum Gasteiger partial charge on any atom is 0.337 e. The number of aliphatic hydroxyl groups is 1. The van der Waals surface area contributed by atoms with E-state index >= 15 is 0 Å². The van der Waals surface area contributed by atoms with Crippen molar-refractivity contribution >= 4 is 23.3 Å². The molecule has 3 aromatic carbocycles. The van der Waals surface area contributed by atoms with Crippen LogP contribution in [-0.2, 0) is 0 Å².